The Hall–Kier alpha value is -1.56. The molecule has 3 nitrogen and oxygen atoms in total. The van der Waals surface area contributed by atoms with Gasteiger partial charge in [0, 0.05) is 15.0 Å². The number of nitrogen functional groups attached to an aromatic ring is 1. The maximum Gasteiger partial charge on any atom is 0.263 e. The molecule has 0 aliphatic rings. The van der Waals surface area contributed by atoms with Gasteiger partial charge in [-0.25, -0.2) is 0 Å². The second-order valence-corrected chi connectivity index (χ2v) is 7.13. The van der Waals surface area contributed by atoms with E-state index >= 15 is 0 Å². The topological polar surface area (TPSA) is 55.1 Å². The second kappa shape index (κ2) is 5.67. The van der Waals surface area contributed by atoms with E-state index in [2.05, 4.69) is 5.32 Å². The van der Waals surface area contributed by atoms with Crippen molar-refractivity contribution in [1.29, 1.82) is 0 Å². The lowest BCUT2D eigenvalue weighted by molar-refractivity contribution is 0.0956. The Morgan fingerprint density at radius 3 is 2.86 bits per heavy atom. The number of rotatable bonds is 3. The number of nitrogens with one attached hydrogen (secondary N) is 1. The fourth-order valence-corrected chi connectivity index (χ4v) is 4.37. The van der Waals surface area contributed by atoms with Crippen LogP contribution in [0.1, 0.15) is 20.1 Å². The van der Waals surface area contributed by atoms with Crippen molar-refractivity contribution in [2.45, 2.75) is 13.5 Å². The van der Waals surface area contributed by atoms with E-state index in [0.29, 0.717) is 22.1 Å². The van der Waals surface area contributed by atoms with E-state index in [1.165, 1.54) is 16.9 Å². The molecule has 1 aromatic carbocycles. The third-order valence-corrected chi connectivity index (χ3v) is 5.79. The van der Waals surface area contributed by atoms with Gasteiger partial charge >= 0.3 is 0 Å². The minimum absolute atomic E-state index is 0.155. The Balaban J connectivity index is 1.87. The number of fused-ring (bicyclic) bond motifs is 1. The molecule has 0 spiro atoms. The number of amides is 1. The predicted molar refractivity (Wildman–Crippen MR) is 91.5 cm³/mol. The van der Waals surface area contributed by atoms with Crippen molar-refractivity contribution in [3.05, 3.63) is 50.0 Å². The van der Waals surface area contributed by atoms with Crippen LogP contribution in [0.5, 0.6) is 0 Å². The maximum absolute atomic E-state index is 12.3. The zero-order valence-electron chi connectivity index (χ0n) is 11.3. The number of carbonyl (C=O) groups is 1. The minimum Gasteiger partial charge on any atom is -0.397 e. The van der Waals surface area contributed by atoms with Crippen molar-refractivity contribution in [1.82, 2.24) is 5.32 Å². The number of benzene rings is 1. The van der Waals surface area contributed by atoms with Gasteiger partial charge in [0.05, 0.1) is 17.3 Å². The SMILES string of the molecule is Cc1ccsc1CNC(=O)c1sc2cccc(Cl)c2c1N. The van der Waals surface area contributed by atoms with Gasteiger partial charge in [-0.2, -0.15) is 0 Å². The lowest BCUT2D eigenvalue weighted by Gasteiger charge is -2.04. The Labute approximate surface area is 135 Å². The molecule has 0 atom stereocenters. The van der Waals surface area contributed by atoms with Gasteiger partial charge in [-0.05, 0) is 36.1 Å². The van der Waals surface area contributed by atoms with Crippen LogP contribution in [-0.2, 0) is 6.54 Å². The summed E-state index contributed by atoms with van der Waals surface area (Å²) in [5, 5.41) is 6.28. The molecule has 3 aromatic rings. The number of halogens is 1. The molecule has 0 bridgehead atoms. The van der Waals surface area contributed by atoms with E-state index in [0.717, 1.165) is 15.0 Å². The highest BCUT2D eigenvalue weighted by atomic mass is 35.5. The van der Waals surface area contributed by atoms with E-state index in [-0.39, 0.29) is 5.91 Å². The molecule has 108 valence electrons. The van der Waals surface area contributed by atoms with Crippen molar-refractivity contribution < 1.29 is 4.79 Å². The highest BCUT2D eigenvalue weighted by Gasteiger charge is 2.18. The normalized spacial score (nSPS) is 11.0. The summed E-state index contributed by atoms with van der Waals surface area (Å²) in [7, 11) is 0. The van der Waals surface area contributed by atoms with Crippen molar-refractivity contribution in [2.75, 3.05) is 5.73 Å². The number of aryl methyl sites for hydroxylation is 1. The van der Waals surface area contributed by atoms with Crippen LogP contribution in [0.25, 0.3) is 10.1 Å². The molecule has 3 N–H and O–H groups in total. The monoisotopic (exact) mass is 336 g/mol. The third-order valence-electron chi connectivity index (χ3n) is 3.29. The van der Waals surface area contributed by atoms with Gasteiger partial charge in [0.25, 0.3) is 5.91 Å². The summed E-state index contributed by atoms with van der Waals surface area (Å²) < 4.78 is 0.928. The number of anilines is 1. The van der Waals surface area contributed by atoms with E-state index < -0.39 is 0 Å². The first-order valence-corrected chi connectivity index (χ1v) is 8.43. The van der Waals surface area contributed by atoms with Gasteiger partial charge in [-0.1, -0.05) is 17.7 Å². The van der Waals surface area contributed by atoms with Crippen LogP contribution in [0, 0.1) is 6.92 Å². The molecule has 0 aliphatic carbocycles. The molecule has 3 rings (SSSR count). The highest BCUT2D eigenvalue weighted by Crippen LogP contribution is 2.37. The molecule has 2 heterocycles. The van der Waals surface area contributed by atoms with E-state index in [4.69, 9.17) is 17.3 Å². The fraction of sp³-hybridized carbons (Fsp3) is 0.133. The predicted octanol–water partition coefficient (Wildman–Crippen LogP) is 4.44. The molecule has 21 heavy (non-hydrogen) atoms. The van der Waals surface area contributed by atoms with Crippen LogP contribution in [0.4, 0.5) is 5.69 Å². The summed E-state index contributed by atoms with van der Waals surface area (Å²) in [5.41, 5.74) is 7.73. The van der Waals surface area contributed by atoms with Gasteiger partial charge in [0.15, 0.2) is 0 Å². The van der Waals surface area contributed by atoms with Gasteiger partial charge < -0.3 is 11.1 Å². The zero-order chi connectivity index (χ0) is 15.0. The van der Waals surface area contributed by atoms with Crippen LogP contribution in [0.3, 0.4) is 0 Å². The van der Waals surface area contributed by atoms with Crippen LogP contribution in [0.2, 0.25) is 5.02 Å². The molecule has 1 amide bonds. The molecule has 0 radical (unpaired) electrons. The zero-order valence-corrected chi connectivity index (χ0v) is 13.7. The Morgan fingerprint density at radius 2 is 2.19 bits per heavy atom. The summed E-state index contributed by atoms with van der Waals surface area (Å²) in [6.07, 6.45) is 0. The first-order valence-electron chi connectivity index (χ1n) is 6.35. The fourth-order valence-electron chi connectivity index (χ4n) is 2.12. The largest absolute Gasteiger partial charge is 0.397 e. The molecule has 6 heteroatoms. The van der Waals surface area contributed by atoms with Crippen molar-refractivity contribution in [3.63, 3.8) is 0 Å². The maximum atomic E-state index is 12.3. The van der Waals surface area contributed by atoms with Crippen LogP contribution >= 0.6 is 34.3 Å². The number of thiophene rings is 2. The van der Waals surface area contributed by atoms with Gasteiger partial charge in [0.2, 0.25) is 0 Å². The van der Waals surface area contributed by atoms with Gasteiger partial charge in [0.1, 0.15) is 4.88 Å². The molecule has 0 fully saturated rings. The summed E-state index contributed by atoms with van der Waals surface area (Å²) in [4.78, 5) is 14.0. The summed E-state index contributed by atoms with van der Waals surface area (Å²) >= 11 is 9.16. The first-order chi connectivity index (χ1) is 10.1. The lowest BCUT2D eigenvalue weighted by atomic mass is 10.2. The first kappa shape index (κ1) is 14.4. The second-order valence-electron chi connectivity index (χ2n) is 4.67. The van der Waals surface area contributed by atoms with Gasteiger partial charge in [-0.3, -0.25) is 4.79 Å². The number of hydrogen-bond donors (Lipinski definition) is 2. The van der Waals surface area contributed by atoms with Crippen LogP contribution < -0.4 is 11.1 Å². The molecule has 0 saturated carbocycles. The summed E-state index contributed by atoms with van der Waals surface area (Å²) in [6, 6.07) is 7.60. The summed E-state index contributed by atoms with van der Waals surface area (Å²) in [6.45, 7) is 2.55. The van der Waals surface area contributed by atoms with E-state index in [9.17, 15) is 4.79 Å². The lowest BCUT2D eigenvalue weighted by Crippen LogP contribution is -2.22. The quantitative estimate of drug-likeness (QED) is 0.743. The smallest absolute Gasteiger partial charge is 0.263 e. The van der Waals surface area contributed by atoms with E-state index in [1.807, 2.05) is 30.5 Å². The Kier molecular flexibility index (Phi) is 3.89. The minimum atomic E-state index is -0.155. The molecule has 0 saturated heterocycles. The average Bonchev–Trinajstić information content (AvgIpc) is 3.01. The Bertz CT molecular complexity index is 822. The van der Waals surface area contributed by atoms with Gasteiger partial charge in [-0.15, -0.1) is 22.7 Å². The third kappa shape index (κ3) is 2.64. The van der Waals surface area contributed by atoms with Crippen molar-refractivity contribution in [2.24, 2.45) is 0 Å². The number of hydrogen-bond acceptors (Lipinski definition) is 4. The standard InChI is InChI=1S/C15H13ClN2OS2/c1-8-5-6-20-11(8)7-18-15(19)14-13(17)12-9(16)3-2-4-10(12)21-14/h2-6H,7,17H2,1H3,(H,18,19). The van der Waals surface area contributed by atoms with Crippen molar-refractivity contribution in [3.8, 4) is 0 Å². The molecule has 0 unspecified atom stereocenters. The van der Waals surface area contributed by atoms with Crippen molar-refractivity contribution >= 4 is 56.0 Å². The average molecular weight is 337 g/mol. The van der Waals surface area contributed by atoms with Crippen LogP contribution in [0.15, 0.2) is 29.6 Å². The van der Waals surface area contributed by atoms with E-state index in [1.54, 1.807) is 17.4 Å². The molecular weight excluding hydrogens is 324 g/mol. The Morgan fingerprint density at radius 1 is 1.38 bits per heavy atom. The molecule has 2 aromatic heterocycles. The number of nitrogens with two attached hydrogens (primary N) is 1. The van der Waals surface area contributed by atoms with Crippen LogP contribution in [-0.4, -0.2) is 5.91 Å². The summed E-state index contributed by atoms with van der Waals surface area (Å²) in [5.74, 6) is -0.155. The highest BCUT2D eigenvalue weighted by molar-refractivity contribution is 7.21. The number of carbonyl (C=O) groups excluding carboxylic acids is 1. The molecular formula is C15H13ClN2OS2. The molecule has 0 aliphatic heterocycles.